The third kappa shape index (κ3) is 2.85. The molecule has 0 aromatic carbocycles. The number of rotatable bonds is 4. The number of allylic oxidation sites excluding steroid dienone is 1. The number of hydrogen-bond acceptors (Lipinski definition) is 4. The molecule has 4 nitrogen and oxygen atoms in total. The number of alkyl halides is 2. The minimum atomic E-state index is -2.54. The molecule has 2 rings (SSSR count). The highest BCUT2D eigenvalue weighted by Crippen LogP contribution is 2.34. The second kappa shape index (κ2) is 6.09. The van der Waals surface area contributed by atoms with Gasteiger partial charge in [-0.15, -0.1) is 0 Å². The summed E-state index contributed by atoms with van der Waals surface area (Å²) >= 11 is 5.91. The first kappa shape index (κ1) is 14.6. The molecule has 1 N–H and O–H groups in total. The highest BCUT2D eigenvalue weighted by molar-refractivity contribution is 6.30. The van der Waals surface area contributed by atoms with E-state index in [-0.39, 0.29) is 0 Å². The monoisotopic (exact) mass is 302 g/mol. The van der Waals surface area contributed by atoms with Crippen molar-refractivity contribution in [3.63, 3.8) is 0 Å². The third-order valence-corrected chi connectivity index (χ3v) is 3.02. The van der Waals surface area contributed by atoms with Gasteiger partial charge in [0.15, 0.2) is 0 Å². The molecule has 0 saturated heterocycles. The van der Waals surface area contributed by atoms with E-state index in [1.54, 1.807) is 6.07 Å². The Kier molecular flexibility index (Phi) is 4.44. The summed E-state index contributed by atoms with van der Waals surface area (Å²) in [6.07, 6.45) is 1.65. The summed E-state index contributed by atoms with van der Waals surface area (Å²) in [5, 5.41) is 2.94. The third-order valence-electron chi connectivity index (χ3n) is 2.81. The smallest absolute Gasteiger partial charge is 0.261 e. The van der Waals surface area contributed by atoms with Gasteiger partial charge in [-0.1, -0.05) is 11.6 Å². The molecule has 1 aromatic heterocycles. The van der Waals surface area contributed by atoms with Crippen LogP contribution in [0.1, 0.15) is 5.56 Å². The van der Waals surface area contributed by atoms with Crippen molar-refractivity contribution in [3.05, 3.63) is 40.9 Å². The molecule has 7 heteroatoms. The maximum Gasteiger partial charge on any atom is 0.261 e. The van der Waals surface area contributed by atoms with E-state index in [0.717, 1.165) is 0 Å². The number of ether oxygens (including phenoxy) is 2. The molecule has 0 aliphatic carbocycles. The fourth-order valence-corrected chi connectivity index (χ4v) is 2.04. The van der Waals surface area contributed by atoms with Gasteiger partial charge in [-0.3, -0.25) is 0 Å². The number of pyridine rings is 1. The zero-order chi connectivity index (χ0) is 14.7. The number of nitrogens with zero attached hydrogens (tertiary/aromatic N) is 1. The van der Waals surface area contributed by atoms with Crippen LogP contribution in [0.2, 0.25) is 5.02 Å². The molecule has 0 spiro atoms. The normalized spacial score (nSPS) is 18.2. The molecular formula is C13H13ClF2N2O2. The molecule has 1 aromatic rings. The topological polar surface area (TPSA) is 43.4 Å². The van der Waals surface area contributed by atoms with Crippen molar-refractivity contribution in [2.75, 3.05) is 14.2 Å². The number of hydrogen-bond donors (Lipinski definition) is 1. The van der Waals surface area contributed by atoms with E-state index in [9.17, 15) is 8.78 Å². The van der Waals surface area contributed by atoms with Crippen LogP contribution in [0.4, 0.5) is 8.78 Å². The van der Waals surface area contributed by atoms with Crippen LogP contribution in [-0.4, -0.2) is 31.7 Å². The molecular weight excluding hydrogens is 290 g/mol. The molecule has 20 heavy (non-hydrogen) atoms. The average Bonchev–Trinajstić information content (AvgIpc) is 2.46. The van der Waals surface area contributed by atoms with Crippen molar-refractivity contribution < 1.29 is 18.3 Å². The number of dihydropyridines is 1. The van der Waals surface area contributed by atoms with Gasteiger partial charge in [0, 0.05) is 23.5 Å². The summed E-state index contributed by atoms with van der Waals surface area (Å²) in [5.41, 5.74) is 0.962. The molecule has 0 saturated carbocycles. The van der Waals surface area contributed by atoms with Gasteiger partial charge in [0.25, 0.3) is 6.43 Å². The van der Waals surface area contributed by atoms with Crippen LogP contribution in [0.3, 0.4) is 0 Å². The van der Waals surface area contributed by atoms with Crippen LogP contribution in [0.5, 0.6) is 5.88 Å². The average molecular weight is 303 g/mol. The Hall–Kier alpha value is -1.82. The molecule has 2 heterocycles. The van der Waals surface area contributed by atoms with Crippen molar-refractivity contribution in [3.8, 4) is 5.88 Å². The minimum Gasteiger partial charge on any atom is -0.495 e. The second-order valence-electron chi connectivity index (χ2n) is 4.03. The lowest BCUT2D eigenvalue weighted by Crippen LogP contribution is -2.33. The zero-order valence-corrected chi connectivity index (χ0v) is 11.6. The molecule has 1 aliphatic heterocycles. The lowest BCUT2D eigenvalue weighted by atomic mass is 10.0. The Morgan fingerprint density at radius 3 is 2.70 bits per heavy atom. The second-order valence-corrected chi connectivity index (χ2v) is 4.47. The SMILES string of the molecule is COC1=CNC(C(F)F)C=C1c1cc(Cl)cnc1OC. The van der Waals surface area contributed by atoms with Crippen LogP contribution in [-0.2, 0) is 4.74 Å². The van der Waals surface area contributed by atoms with Crippen LogP contribution >= 0.6 is 11.6 Å². The van der Waals surface area contributed by atoms with Gasteiger partial charge in [0.2, 0.25) is 5.88 Å². The van der Waals surface area contributed by atoms with Crippen LogP contribution in [0.15, 0.2) is 30.3 Å². The highest BCUT2D eigenvalue weighted by atomic mass is 35.5. The van der Waals surface area contributed by atoms with Gasteiger partial charge in [0.1, 0.15) is 11.8 Å². The minimum absolute atomic E-state index is 0.290. The fourth-order valence-electron chi connectivity index (χ4n) is 1.88. The summed E-state index contributed by atoms with van der Waals surface area (Å²) in [5.74, 6) is 0.697. The van der Waals surface area contributed by atoms with E-state index >= 15 is 0 Å². The number of methoxy groups -OCH3 is 2. The summed E-state index contributed by atoms with van der Waals surface area (Å²) in [6, 6.07) is 0.493. The number of aromatic nitrogens is 1. The Balaban J connectivity index is 2.51. The van der Waals surface area contributed by atoms with Crippen molar-refractivity contribution in [1.29, 1.82) is 0 Å². The van der Waals surface area contributed by atoms with E-state index in [1.807, 2.05) is 0 Å². The van der Waals surface area contributed by atoms with Crippen molar-refractivity contribution in [1.82, 2.24) is 10.3 Å². The molecule has 0 radical (unpaired) electrons. The molecule has 0 bridgehead atoms. The van der Waals surface area contributed by atoms with Crippen molar-refractivity contribution in [2.45, 2.75) is 12.5 Å². The van der Waals surface area contributed by atoms with Gasteiger partial charge in [0.05, 0.1) is 19.2 Å². The number of halogens is 3. The molecule has 0 fully saturated rings. The lowest BCUT2D eigenvalue weighted by molar-refractivity contribution is 0.122. The predicted molar refractivity (Wildman–Crippen MR) is 71.8 cm³/mol. The Morgan fingerprint density at radius 2 is 2.10 bits per heavy atom. The van der Waals surface area contributed by atoms with Crippen LogP contribution in [0.25, 0.3) is 5.57 Å². The first-order valence-electron chi connectivity index (χ1n) is 5.77. The zero-order valence-electron chi connectivity index (χ0n) is 10.9. The first-order valence-corrected chi connectivity index (χ1v) is 6.15. The Bertz CT molecular complexity index is 561. The molecule has 1 unspecified atom stereocenters. The van der Waals surface area contributed by atoms with Crippen LogP contribution in [0, 0.1) is 0 Å². The highest BCUT2D eigenvalue weighted by Gasteiger charge is 2.25. The van der Waals surface area contributed by atoms with Gasteiger partial charge in [-0.05, 0) is 12.1 Å². The number of nitrogens with one attached hydrogen (secondary N) is 1. The van der Waals surface area contributed by atoms with E-state index in [0.29, 0.717) is 27.8 Å². The molecule has 108 valence electrons. The largest absolute Gasteiger partial charge is 0.495 e. The lowest BCUT2D eigenvalue weighted by Gasteiger charge is -2.23. The summed E-state index contributed by atoms with van der Waals surface area (Å²) < 4.78 is 36.0. The van der Waals surface area contributed by atoms with Crippen molar-refractivity contribution in [2.24, 2.45) is 0 Å². The Labute approximate surface area is 120 Å². The van der Waals surface area contributed by atoms with Gasteiger partial charge in [-0.25, -0.2) is 13.8 Å². The van der Waals surface area contributed by atoms with Crippen molar-refractivity contribution >= 4 is 17.2 Å². The molecule has 0 amide bonds. The Morgan fingerprint density at radius 1 is 1.35 bits per heavy atom. The van der Waals surface area contributed by atoms with Gasteiger partial charge < -0.3 is 14.8 Å². The van der Waals surface area contributed by atoms with E-state index in [4.69, 9.17) is 21.1 Å². The maximum absolute atomic E-state index is 12.9. The van der Waals surface area contributed by atoms with Gasteiger partial charge >= 0.3 is 0 Å². The first-order chi connectivity index (χ1) is 9.56. The maximum atomic E-state index is 12.9. The summed E-state index contributed by atoms with van der Waals surface area (Å²) in [6.45, 7) is 0. The quantitative estimate of drug-likeness (QED) is 0.929. The standard InChI is InChI=1S/C13H13ClF2N2O2/c1-19-11-6-17-10(12(15)16)4-8(11)9-3-7(14)5-18-13(9)20-2/h3-6,10,12,17H,1-2H3. The van der Waals surface area contributed by atoms with Gasteiger partial charge in [-0.2, -0.15) is 0 Å². The van der Waals surface area contributed by atoms with E-state index in [2.05, 4.69) is 10.3 Å². The summed E-state index contributed by atoms with van der Waals surface area (Å²) in [4.78, 5) is 4.02. The molecule has 1 aliphatic rings. The van der Waals surface area contributed by atoms with E-state index < -0.39 is 12.5 Å². The fraction of sp³-hybridized carbons (Fsp3) is 0.308. The van der Waals surface area contributed by atoms with Crippen LogP contribution < -0.4 is 10.1 Å². The molecule has 1 atom stereocenters. The predicted octanol–water partition coefficient (Wildman–Crippen LogP) is 2.85. The summed E-state index contributed by atoms with van der Waals surface area (Å²) in [7, 11) is 2.90. The van der Waals surface area contributed by atoms with E-state index in [1.165, 1.54) is 32.7 Å².